The molecule has 2 aromatic carbocycles. The summed E-state index contributed by atoms with van der Waals surface area (Å²) in [4.78, 5) is 10.8. The van der Waals surface area contributed by atoms with Crippen LogP contribution in [0.15, 0.2) is 40.9 Å². The number of rotatable bonds is 3. The number of benzene rings is 2. The largest absolute Gasteiger partial charge is 0.350 e. The molecule has 2 N–H and O–H groups in total. The van der Waals surface area contributed by atoms with Gasteiger partial charge in [0.25, 0.3) is 5.69 Å². The topological polar surface area (TPSA) is 67.2 Å². The van der Waals surface area contributed by atoms with E-state index < -0.39 is 0 Å². The molecule has 0 saturated carbocycles. The summed E-state index contributed by atoms with van der Waals surface area (Å²) in [6, 6.07) is 11.1. The minimum Gasteiger partial charge on any atom is -0.350 e. The van der Waals surface area contributed by atoms with Crippen LogP contribution >= 0.6 is 15.9 Å². The van der Waals surface area contributed by atoms with Crippen LogP contribution < -0.4 is 10.6 Å². The third-order valence-corrected chi connectivity index (χ3v) is 4.06. The quantitative estimate of drug-likeness (QED) is 0.655. The second kappa shape index (κ2) is 5.83. The van der Waals surface area contributed by atoms with Gasteiger partial charge in [-0.1, -0.05) is 28.1 Å². The van der Waals surface area contributed by atoms with Crippen molar-refractivity contribution in [3.8, 4) is 0 Å². The Morgan fingerprint density at radius 2 is 2.10 bits per heavy atom. The molecule has 0 spiro atoms. The van der Waals surface area contributed by atoms with Crippen LogP contribution in [0, 0.1) is 10.1 Å². The average Bonchev–Trinajstić information content (AvgIpc) is 2.49. The standard InChI is InChI=1S/C15H14BrN3O2/c16-11-4-5-14(15(8-11)19(20)21)18-13-3-1-2-10-9-17-7-6-12(10)13/h1-5,8,17-18H,6-7,9H2. The lowest BCUT2D eigenvalue weighted by molar-refractivity contribution is -0.384. The van der Waals surface area contributed by atoms with Gasteiger partial charge in [-0.25, -0.2) is 0 Å². The molecule has 1 aliphatic rings. The van der Waals surface area contributed by atoms with Gasteiger partial charge in [-0.15, -0.1) is 0 Å². The molecule has 0 saturated heterocycles. The van der Waals surface area contributed by atoms with Crippen molar-refractivity contribution in [1.82, 2.24) is 5.32 Å². The molecule has 0 aromatic heterocycles. The number of fused-ring (bicyclic) bond motifs is 1. The van der Waals surface area contributed by atoms with Gasteiger partial charge in [0.1, 0.15) is 5.69 Å². The number of hydrogen-bond donors (Lipinski definition) is 2. The molecular formula is C15H14BrN3O2. The number of anilines is 2. The maximum Gasteiger partial charge on any atom is 0.293 e. The van der Waals surface area contributed by atoms with E-state index in [1.165, 1.54) is 17.2 Å². The highest BCUT2D eigenvalue weighted by atomic mass is 79.9. The van der Waals surface area contributed by atoms with Crippen molar-refractivity contribution in [2.75, 3.05) is 11.9 Å². The first-order valence-electron chi connectivity index (χ1n) is 6.67. The number of hydrogen-bond acceptors (Lipinski definition) is 4. The molecule has 5 nitrogen and oxygen atoms in total. The van der Waals surface area contributed by atoms with Crippen molar-refractivity contribution in [2.24, 2.45) is 0 Å². The second-order valence-corrected chi connectivity index (χ2v) is 5.83. The van der Waals surface area contributed by atoms with E-state index in [0.717, 1.165) is 25.2 Å². The van der Waals surface area contributed by atoms with Crippen molar-refractivity contribution in [1.29, 1.82) is 0 Å². The molecule has 0 bridgehead atoms. The second-order valence-electron chi connectivity index (χ2n) is 4.91. The zero-order chi connectivity index (χ0) is 14.8. The van der Waals surface area contributed by atoms with Crippen LogP contribution in [0.5, 0.6) is 0 Å². The molecule has 108 valence electrons. The highest BCUT2D eigenvalue weighted by Crippen LogP contribution is 2.33. The summed E-state index contributed by atoms with van der Waals surface area (Å²) < 4.78 is 0.694. The van der Waals surface area contributed by atoms with Crippen molar-refractivity contribution in [3.05, 3.63) is 62.1 Å². The molecule has 2 aromatic rings. The Hall–Kier alpha value is -1.92. The molecule has 1 aliphatic heterocycles. The van der Waals surface area contributed by atoms with Crippen LogP contribution in [0.25, 0.3) is 0 Å². The van der Waals surface area contributed by atoms with E-state index in [4.69, 9.17) is 0 Å². The van der Waals surface area contributed by atoms with E-state index in [1.807, 2.05) is 12.1 Å². The summed E-state index contributed by atoms with van der Waals surface area (Å²) in [5.74, 6) is 0. The van der Waals surface area contributed by atoms with Gasteiger partial charge in [0, 0.05) is 22.8 Å². The van der Waals surface area contributed by atoms with Crippen molar-refractivity contribution < 1.29 is 4.92 Å². The van der Waals surface area contributed by atoms with Gasteiger partial charge in [-0.05, 0) is 42.3 Å². The zero-order valence-corrected chi connectivity index (χ0v) is 12.8. The summed E-state index contributed by atoms with van der Waals surface area (Å²) >= 11 is 3.27. The van der Waals surface area contributed by atoms with Gasteiger partial charge >= 0.3 is 0 Å². The molecule has 3 rings (SSSR count). The fourth-order valence-electron chi connectivity index (χ4n) is 2.56. The first kappa shape index (κ1) is 14.0. The highest BCUT2D eigenvalue weighted by Gasteiger charge is 2.17. The molecule has 0 unspecified atom stereocenters. The molecule has 0 aliphatic carbocycles. The molecule has 1 heterocycles. The normalized spacial score (nSPS) is 13.6. The number of nitrogens with zero attached hydrogens (tertiary/aromatic N) is 1. The molecule has 0 amide bonds. The molecular weight excluding hydrogens is 334 g/mol. The summed E-state index contributed by atoms with van der Waals surface area (Å²) in [7, 11) is 0. The van der Waals surface area contributed by atoms with E-state index in [-0.39, 0.29) is 10.6 Å². The number of nitro benzene ring substituents is 1. The van der Waals surface area contributed by atoms with Crippen molar-refractivity contribution >= 4 is 33.0 Å². The Morgan fingerprint density at radius 1 is 1.24 bits per heavy atom. The Kier molecular flexibility index (Phi) is 3.90. The fourth-order valence-corrected chi connectivity index (χ4v) is 2.90. The van der Waals surface area contributed by atoms with E-state index in [2.05, 4.69) is 32.6 Å². The molecule has 0 atom stereocenters. The maximum absolute atomic E-state index is 11.2. The smallest absolute Gasteiger partial charge is 0.293 e. The zero-order valence-electron chi connectivity index (χ0n) is 11.2. The first-order chi connectivity index (χ1) is 10.1. The number of nitro groups is 1. The maximum atomic E-state index is 11.2. The van der Waals surface area contributed by atoms with Crippen LogP contribution in [-0.4, -0.2) is 11.5 Å². The predicted octanol–water partition coefficient (Wildman–Crippen LogP) is 3.75. The third kappa shape index (κ3) is 2.91. The van der Waals surface area contributed by atoms with Crippen LogP contribution in [-0.2, 0) is 13.0 Å². The Bertz CT molecular complexity index is 703. The summed E-state index contributed by atoms with van der Waals surface area (Å²) in [5.41, 5.74) is 3.99. The monoisotopic (exact) mass is 347 g/mol. The van der Waals surface area contributed by atoms with Crippen LogP contribution in [0.4, 0.5) is 17.1 Å². The van der Waals surface area contributed by atoms with Gasteiger partial charge in [0.15, 0.2) is 0 Å². The molecule has 0 radical (unpaired) electrons. The first-order valence-corrected chi connectivity index (χ1v) is 7.47. The van der Waals surface area contributed by atoms with Crippen molar-refractivity contribution in [2.45, 2.75) is 13.0 Å². The van der Waals surface area contributed by atoms with E-state index in [0.29, 0.717) is 10.2 Å². The lowest BCUT2D eigenvalue weighted by Gasteiger charge is -2.21. The van der Waals surface area contributed by atoms with Gasteiger partial charge in [0.05, 0.1) is 4.92 Å². The minimum absolute atomic E-state index is 0.0657. The van der Waals surface area contributed by atoms with Gasteiger partial charge in [-0.3, -0.25) is 10.1 Å². The molecule has 6 heteroatoms. The summed E-state index contributed by atoms with van der Waals surface area (Å²) in [6.07, 6.45) is 0.919. The number of halogens is 1. The fraction of sp³-hybridized carbons (Fsp3) is 0.200. The lowest BCUT2D eigenvalue weighted by atomic mass is 9.99. The number of nitrogens with one attached hydrogen (secondary N) is 2. The Labute approximate surface area is 130 Å². The van der Waals surface area contributed by atoms with Gasteiger partial charge in [0.2, 0.25) is 0 Å². The SMILES string of the molecule is O=[N+]([O-])c1cc(Br)ccc1Nc1cccc2c1CCNC2. The van der Waals surface area contributed by atoms with Crippen LogP contribution in [0.3, 0.4) is 0 Å². The average molecular weight is 348 g/mol. The van der Waals surface area contributed by atoms with E-state index in [9.17, 15) is 10.1 Å². The third-order valence-electron chi connectivity index (χ3n) is 3.57. The van der Waals surface area contributed by atoms with E-state index >= 15 is 0 Å². The summed E-state index contributed by atoms with van der Waals surface area (Å²) in [6.45, 7) is 1.77. The van der Waals surface area contributed by atoms with Crippen LogP contribution in [0.1, 0.15) is 11.1 Å². The Morgan fingerprint density at radius 3 is 2.90 bits per heavy atom. The summed E-state index contributed by atoms with van der Waals surface area (Å²) in [5, 5.41) is 17.7. The van der Waals surface area contributed by atoms with Gasteiger partial charge in [-0.2, -0.15) is 0 Å². The Balaban J connectivity index is 2.00. The minimum atomic E-state index is -0.371. The predicted molar refractivity (Wildman–Crippen MR) is 85.9 cm³/mol. The van der Waals surface area contributed by atoms with E-state index in [1.54, 1.807) is 12.1 Å². The van der Waals surface area contributed by atoms with Gasteiger partial charge < -0.3 is 10.6 Å². The molecule has 21 heavy (non-hydrogen) atoms. The van der Waals surface area contributed by atoms with Crippen LogP contribution in [0.2, 0.25) is 0 Å². The lowest BCUT2D eigenvalue weighted by Crippen LogP contribution is -2.24. The molecule has 0 fully saturated rings. The van der Waals surface area contributed by atoms with Crippen molar-refractivity contribution in [3.63, 3.8) is 0 Å². The highest BCUT2D eigenvalue weighted by molar-refractivity contribution is 9.10.